The molecule has 0 bridgehead atoms. The Bertz CT molecular complexity index is 1870. The van der Waals surface area contributed by atoms with Gasteiger partial charge in [-0.05, 0) is 57.0 Å². The zero-order chi connectivity index (χ0) is 33.2. The summed E-state index contributed by atoms with van der Waals surface area (Å²) < 4.78 is 86.4. The second-order valence-corrected chi connectivity index (χ2v) is 12.5. The maximum Gasteiger partial charge on any atom is 0.417 e. The number of alkyl halides is 4. The number of halogens is 5. The van der Waals surface area contributed by atoms with E-state index in [1.54, 1.807) is 18.3 Å². The van der Waals surface area contributed by atoms with Gasteiger partial charge in [-0.2, -0.15) is 23.1 Å². The Morgan fingerprint density at radius 2 is 1.98 bits per heavy atom. The number of rotatable bonds is 6. The monoisotopic (exact) mass is 656 g/mol. The number of benzene rings is 1. The minimum atomic E-state index is -4.84. The van der Waals surface area contributed by atoms with Crippen molar-refractivity contribution in [2.24, 2.45) is 0 Å². The first kappa shape index (κ1) is 31.1. The van der Waals surface area contributed by atoms with Gasteiger partial charge in [0.2, 0.25) is 5.88 Å². The molecule has 0 radical (unpaired) electrons. The van der Waals surface area contributed by atoms with Crippen molar-refractivity contribution in [3.05, 3.63) is 53.0 Å². The number of hydrogen-bond acceptors (Lipinski definition) is 10. The Hall–Kier alpha value is -4.53. The zero-order valence-corrected chi connectivity index (χ0v) is 25.7. The van der Waals surface area contributed by atoms with Gasteiger partial charge < -0.3 is 25.8 Å². The Morgan fingerprint density at radius 3 is 2.74 bits per heavy atom. The molecule has 248 valence electrons. The topological polar surface area (TPSA) is 129 Å². The third kappa shape index (κ3) is 5.29. The van der Waals surface area contributed by atoms with E-state index in [4.69, 9.17) is 25.9 Å². The van der Waals surface area contributed by atoms with E-state index in [9.17, 15) is 17.6 Å². The number of fused-ring (bicyclic) bond motifs is 1. The van der Waals surface area contributed by atoms with E-state index >= 15 is 4.39 Å². The lowest BCUT2D eigenvalue weighted by molar-refractivity contribution is -0.137. The molecule has 15 heteroatoms. The summed E-state index contributed by atoms with van der Waals surface area (Å²) in [4.78, 5) is 21.5. The van der Waals surface area contributed by atoms with Crippen LogP contribution < -0.4 is 25.8 Å². The van der Waals surface area contributed by atoms with Crippen LogP contribution in [-0.2, 0) is 6.18 Å². The van der Waals surface area contributed by atoms with Crippen LogP contribution in [0, 0.1) is 12.7 Å². The fourth-order valence-corrected chi connectivity index (χ4v) is 7.36. The molecule has 6 heterocycles. The maximum atomic E-state index is 16.8. The van der Waals surface area contributed by atoms with Gasteiger partial charge in [0.15, 0.2) is 5.82 Å². The Morgan fingerprint density at radius 1 is 1.17 bits per heavy atom. The third-order valence-corrected chi connectivity index (χ3v) is 9.47. The highest BCUT2D eigenvalue weighted by atomic mass is 19.4. The van der Waals surface area contributed by atoms with Crippen molar-refractivity contribution in [2.45, 2.75) is 57.0 Å². The van der Waals surface area contributed by atoms with Gasteiger partial charge in [0.1, 0.15) is 47.6 Å². The normalized spacial score (nSPS) is 21.9. The Labute approximate surface area is 266 Å². The Balaban J connectivity index is 1.43. The smallest absolute Gasteiger partial charge is 0.417 e. The number of ether oxygens (including phenoxy) is 2. The number of nitrogens with zero attached hydrogens (tertiary/aromatic N) is 6. The quantitative estimate of drug-likeness (QED) is 0.199. The molecule has 2 saturated heterocycles. The van der Waals surface area contributed by atoms with Crippen LogP contribution in [0.15, 0.2) is 30.5 Å². The van der Waals surface area contributed by atoms with E-state index in [1.165, 1.54) is 13.0 Å². The summed E-state index contributed by atoms with van der Waals surface area (Å²) in [7, 11) is 0. The van der Waals surface area contributed by atoms with Crippen LogP contribution in [0.1, 0.15) is 48.9 Å². The van der Waals surface area contributed by atoms with Crippen LogP contribution in [-0.4, -0.2) is 69.4 Å². The van der Waals surface area contributed by atoms with Crippen molar-refractivity contribution in [3.63, 3.8) is 0 Å². The predicted molar refractivity (Wildman–Crippen MR) is 165 cm³/mol. The van der Waals surface area contributed by atoms with Gasteiger partial charge in [-0.3, -0.25) is 4.90 Å². The molecule has 7 rings (SSSR count). The summed E-state index contributed by atoms with van der Waals surface area (Å²) in [6, 6.07) is 5.09. The fraction of sp³-hybridized carbons (Fsp3) is 0.438. The molecule has 10 nitrogen and oxygen atoms in total. The molecule has 3 atom stereocenters. The zero-order valence-electron chi connectivity index (χ0n) is 25.7. The average Bonchev–Trinajstić information content (AvgIpc) is 3.46. The van der Waals surface area contributed by atoms with Gasteiger partial charge in [-0.25, -0.2) is 18.7 Å². The molecule has 0 saturated carbocycles. The van der Waals surface area contributed by atoms with E-state index in [-0.39, 0.29) is 71.9 Å². The van der Waals surface area contributed by atoms with Crippen molar-refractivity contribution in [1.29, 1.82) is 0 Å². The number of aryl methyl sites for hydroxylation is 1. The molecule has 0 amide bonds. The molecule has 47 heavy (non-hydrogen) atoms. The van der Waals surface area contributed by atoms with Gasteiger partial charge in [-0.1, -0.05) is 6.07 Å². The van der Waals surface area contributed by atoms with E-state index in [0.717, 1.165) is 19.0 Å². The highest BCUT2D eigenvalue weighted by Gasteiger charge is 2.49. The molecule has 3 aliphatic rings. The van der Waals surface area contributed by atoms with E-state index < -0.39 is 46.6 Å². The summed E-state index contributed by atoms with van der Waals surface area (Å²) in [5, 5.41) is 0.0601. The standard InChI is InChI=1S/C32H33F5N8O2/c1-16-11-19(38)12-21(23(16)32(35,36)37)25-24(34)26-22-28(43-30(42-26)47-15-31-6-4-8-44(31)14-18(33)13-31)45(9-10-46-29(22)41-25)17(2)20-5-3-7-40-27(20)39/h3,5,7,11-12,17-18H,4,6,8-10,13-15,38H2,1-2H3,(H2,39,40)/t17-,18-,31+/m1/s1. The van der Waals surface area contributed by atoms with Crippen molar-refractivity contribution >= 4 is 28.2 Å². The molecule has 3 aliphatic heterocycles. The highest BCUT2D eigenvalue weighted by Crippen LogP contribution is 2.46. The number of hydrogen-bond donors (Lipinski definition) is 2. The summed E-state index contributed by atoms with van der Waals surface area (Å²) in [6.07, 6.45) is -2.40. The van der Waals surface area contributed by atoms with E-state index in [2.05, 4.69) is 19.9 Å². The van der Waals surface area contributed by atoms with Crippen LogP contribution in [0.3, 0.4) is 0 Å². The van der Waals surface area contributed by atoms with Crippen molar-refractivity contribution in [1.82, 2.24) is 24.8 Å². The summed E-state index contributed by atoms with van der Waals surface area (Å²) in [5.41, 5.74) is 9.50. The molecule has 4 N–H and O–H groups in total. The lowest BCUT2D eigenvalue weighted by Gasteiger charge is -2.32. The molecule has 0 spiro atoms. The largest absolute Gasteiger partial charge is 0.475 e. The SMILES string of the molecule is Cc1cc(N)cc(-c2nc3c4c(nc(OC[C@@]56CCCN5C[C@H](F)C6)nc4c2F)N([C@H](C)c2cccnc2N)CCO3)c1C(F)(F)F. The molecule has 2 fully saturated rings. The van der Waals surface area contributed by atoms with Crippen molar-refractivity contribution < 1.29 is 31.4 Å². The second kappa shape index (κ2) is 11.3. The van der Waals surface area contributed by atoms with Crippen molar-refractivity contribution in [2.75, 3.05) is 49.2 Å². The average molecular weight is 657 g/mol. The molecule has 3 aromatic heterocycles. The first-order valence-corrected chi connectivity index (χ1v) is 15.4. The number of nitrogen functional groups attached to an aromatic ring is 2. The molecule has 1 aromatic carbocycles. The summed E-state index contributed by atoms with van der Waals surface area (Å²) >= 11 is 0. The third-order valence-electron chi connectivity index (χ3n) is 9.47. The van der Waals surface area contributed by atoms with Crippen LogP contribution >= 0.6 is 0 Å². The molecule has 0 aliphatic carbocycles. The lowest BCUT2D eigenvalue weighted by Crippen LogP contribution is -2.43. The van der Waals surface area contributed by atoms with Crippen LogP contribution in [0.4, 0.5) is 39.3 Å². The summed E-state index contributed by atoms with van der Waals surface area (Å²) in [5.74, 6) is -0.790. The summed E-state index contributed by atoms with van der Waals surface area (Å²) in [6.45, 7) is 4.46. The van der Waals surface area contributed by atoms with Crippen LogP contribution in [0.2, 0.25) is 0 Å². The van der Waals surface area contributed by atoms with Crippen LogP contribution in [0.5, 0.6) is 11.9 Å². The highest BCUT2D eigenvalue weighted by molar-refractivity contribution is 5.97. The number of nitrogens with two attached hydrogens (primary N) is 2. The molecular weight excluding hydrogens is 623 g/mol. The number of aromatic nitrogens is 4. The molecule has 4 aromatic rings. The minimum Gasteiger partial charge on any atom is -0.475 e. The van der Waals surface area contributed by atoms with Crippen molar-refractivity contribution in [3.8, 4) is 23.1 Å². The van der Waals surface area contributed by atoms with Crippen LogP contribution in [0.25, 0.3) is 22.2 Å². The predicted octanol–water partition coefficient (Wildman–Crippen LogP) is 5.63. The lowest BCUT2D eigenvalue weighted by atomic mass is 9.95. The molecular formula is C32H33F5N8O2. The van der Waals surface area contributed by atoms with Gasteiger partial charge in [0, 0.05) is 36.0 Å². The number of pyridine rings is 2. The Kier molecular flexibility index (Phi) is 7.49. The van der Waals surface area contributed by atoms with Gasteiger partial charge in [0.05, 0.1) is 23.7 Å². The second-order valence-electron chi connectivity index (χ2n) is 12.5. The molecule has 0 unspecified atom stereocenters. The van der Waals surface area contributed by atoms with E-state index in [0.29, 0.717) is 18.5 Å². The first-order valence-electron chi connectivity index (χ1n) is 15.4. The fourth-order valence-electron chi connectivity index (χ4n) is 7.36. The first-order chi connectivity index (χ1) is 22.4. The number of anilines is 3. The maximum absolute atomic E-state index is 16.8. The van der Waals surface area contributed by atoms with E-state index in [1.807, 2.05) is 11.8 Å². The van der Waals surface area contributed by atoms with Gasteiger partial charge in [-0.15, -0.1) is 0 Å². The minimum absolute atomic E-state index is 0.00291. The van der Waals surface area contributed by atoms with Gasteiger partial charge in [0.25, 0.3) is 0 Å². The van der Waals surface area contributed by atoms with Gasteiger partial charge >= 0.3 is 12.2 Å².